The number of hydrogen-bond acceptors (Lipinski definition) is 5. The quantitative estimate of drug-likeness (QED) is 0.589. The van der Waals surface area contributed by atoms with E-state index in [4.69, 9.17) is 4.98 Å². The number of rotatable bonds is 7. The van der Waals surface area contributed by atoms with E-state index in [-0.39, 0.29) is 11.6 Å². The first-order valence-corrected chi connectivity index (χ1v) is 11.2. The summed E-state index contributed by atoms with van der Waals surface area (Å²) in [7, 11) is 4.23. The molecule has 2 heterocycles. The lowest BCUT2D eigenvalue weighted by molar-refractivity contribution is 0.0635. The number of benzene rings is 2. The van der Waals surface area contributed by atoms with Crippen LogP contribution in [-0.4, -0.2) is 71.2 Å². The molecule has 6 nitrogen and oxygen atoms in total. The van der Waals surface area contributed by atoms with Crippen LogP contribution in [0, 0.1) is 0 Å². The van der Waals surface area contributed by atoms with E-state index in [1.165, 1.54) is 0 Å². The summed E-state index contributed by atoms with van der Waals surface area (Å²) in [6.45, 7) is 7.77. The maximum atomic E-state index is 13.5. The monoisotopic (exact) mass is 419 g/mol. The van der Waals surface area contributed by atoms with Crippen molar-refractivity contribution in [2.24, 2.45) is 0 Å². The van der Waals surface area contributed by atoms with Gasteiger partial charge in [-0.3, -0.25) is 24.1 Å². The first-order valence-electron chi connectivity index (χ1n) is 11.2. The fraction of sp³-hybridized carbons (Fsp3) is 0.440. The van der Waals surface area contributed by atoms with E-state index in [0.29, 0.717) is 11.9 Å². The molecule has 1 atom stereocenters. The molecular formula is C25H33N5O. The molecule has 0 aliphatic carbocycles. The van der Waals surface area contributed by atoms with Crippen LogP contribution >= 0.6 is 0 Å². The highest BCUT2D eigenvalue weighted by atomic mass is 16.1. The molecule has 1 fully saturated rings. The molecular weight excluding hydrogens is 386 g/mol. The second kappa shape index (κ2) is 9.73. The standard InChI is InChI=1S/C25H33N5O/c1-4-23(29-16-14-28(15-17-29)19-27(2)3)24-26-22-13-9-8-12-21(22)25(31)30(24)18-20-10-6-5-7-11-20/h5-13,23H,4,14-19H2,1-3H3. The summed E-state index contributed by atoms with van der Waals surface area (Å²) in [5.74, 6) is 0.885. The molecule has 3 aromatic rings. The van der Waals surface area contributed by atoms with Crippen LogP contribution in [0.5, 0.6) is 0 Å². The van der Waals surface area contributed by atoms with Gasteiger partial charge in [-0.2, -0.15) is 0 Å². The third-order valence-electron chi connectivity index (χ3n) is 6.09. The molecule has 31 heavy (non-hydrogen) atoms. The summed E-state index contributed by atoms with van der Waals surface area (Å²) in [4.78, 5) is 25.8. The van der Waals surface area contributed by atoms with Gasteiger partial charge < -0.3 is 0 Å². The highest BCUT2D eigenvalue weighted by Crippen LogP contribution is 2.25. The Morgan fingerprint density at radius 3 is 2.32 bits per heavy atom. The molecule has 0 amide bonds. The maximum Gasteiger partial charge on any atom is 0.261 e. The molecule has 164 valence electrons. The molecule has 0 radical (unpaired) electrons. The zero-order chi connectivity index (χ0) is 21.8. The van der Waals surface area contributed by atoms with Crippen molar-refractivity contribution < 1.29 is 0 Å². The SMILES string of the molecule is CCC(c1nc2ccccc2c(=O)n1Cc1ccccc1)N1CCN(CN(C)C)CC1. The minimum absolute atomic E-state index is 0.0501. The molecule has 0 saturated carbocycles. The van der Waals surface area contributed by atoms with Gasteiger partial charge in [0.1, 0.15) is 5.82 Å². The van der Waals surface area contributed by atoms with Crippen LogP contribution < -0.4 is 5.56 Å². The number of aromatic nitrogens is 2. The second-order valence-corrected chi connectivity index (χ2v) is 8.66. The van der Waals surface area contributed by atoms with Crippen LogP contribution in [0.2, 0.25) is 0 Å². The Hall–Kier alpha value is -2.54. The summed E-state index contributed by atoms with van der Waals surface area (Å²) < 4.78 is 1.90. The van der Waals surface area contributed by atoms with Gasteiger partial charge in [0, 0.05) is 26.2 Å². The Morgan fingerprint density at radius 1 is 0.968 bits per heavy atom. The number of piperazine rings is 1. The van der Waals surface area contributed by atoms with Gasteiger partial charge in [-0.1, -0.05) is 49.4 Å². The van der Waals surface area contributed by atoms with Gasteiger partial charge in [0.15, 0.2) is 0 Å². The Labute approximate surface area is 184 Å². The van der Waals surface area contributed by atoms with E-state index in [9.17, 15) is 4.79 Å². The van der Waals surface area contributed by atoms with E-state index in [0.717, 1.165) is 56.2 Å². The van der Waals surface area contributed by atoms with Crippen molar-refractivity contribution in [1.82, 2.24) is 24.3 Å². The van der Waals surface area contributed by atoms with E-state index in [1.807, 2.05) is 47.0 Å². The largest absolute Gasteiger partial charge is 0.297 e. The van der Waals surface area contributed by atoms with Gasteiger partial charge in [-0.25, -0.2) is 4.98 Å². The van der Waals surface area contributed by atoms with Gasteiger partial charge >= 0.3 is 0 Å². The van der Waals surface area contributed by atoms with E-state index in [2.05, 4.69) is 47.9 Å². The van der Waals surface area contributed by atoms with Gasteiger partial charge in [0.25, 0.3) is 5.56 Å². The lowest BCUT2D eigenvalue weighted by Crippen LogP contribution is -2.50. The van der Waals surface area contributed by atoms with E-state index >= 15 is 0 Å². The second-order valence-electron chi connectivity index (χ2n) is 8.66. The maximum absolute atomic E-state index is 13.5. The minimum atomic E-state index is 0.0501. The highest BCUT2D eigenvalue weighted by molar-refractivity contribution is 5.77. The van der Waals surface area contributed by atoms with Crippen molar-refractivity contribution in [2.45, 2.75) is 25.9 Å². The van der Waals surface area contributed by atoms with Gasteiger partial charge in [-0.15, -0.1) is 0 Å². The first-order chi connectivity index (χ1) is 15.1. The predicted molar refractivity (Wildman–Crippen MR) is 126 cm³/mol. The zero-order valence-electron chi connectivity index (χ0n) is 18.9. The van der Waals surface area contributed by atoms with Crippen molar-refractivity contribution in [1.29, 1.82) is 0 Å². The van der Waals surface area contributed by atoms with Crippen molar-refractivity contribution in [3.63, 3.8) is 0 Å². The first kappa shape index (κ1) is 21.7. The van der Waals surface area contributed by atoms with Crippen LogP contribution in [0.25, 0.3) is 10.9 Å². The molecule has 4 rings (SSSR count). The molecule has 0 spiro atoms. The van der Waals surface area contributed by atoms with Crippen LogP contribution in [-0.2, 0) is 6.54 Å². The van der Waals surface area contributed by atoms with Gasteiger partial charge in [0.2, 0.25) is 0 Å². The highest BCUT2D eigenvalue weighted by Gasteiger charge is 2.28. The average molecular weight is 420 g/mol. The summed E-state index contributed by atoms with van der Waals surface area (Å²) >= 11 is 0. The third kappa shape index (κ3) is 4.87. The topological polar surface area (TPSA) is 44.6 Å². The summed E-state index contributed by atoms with van der Waals surface area (Å²) in [5.41, 5.74) is 1.96. The predicted octanol–water partition coefficient (Wildman–Crippen LogP) is 3.03. The molecule has 2 aromatic carbocycles. The molecule has 0 N–H and O–H groups in total. The third-order valence-corrected chi connectivity index (χ3v) is 6.09. The fourth-order valence-corrected chi connectivity index (χ4v) is 4.58. The summed E-state index contributed by atoms with van der Waals surface area (Å²) in [6, 6.07) is 18.0. The average Bonchev–Trinajstić information content (AvgIpc) is 2.78. The molecule has 1 aromatic heterocycles. The van der Waals surface area contributed by atoms with Crippen molar-refractivity contribution in [2.75, 3.05) is 46.9 Å². The van der Waals surface area contributed by atoms with Crippen LogP contribution in [0.4, 0.5) is 0 Å². The summed E-state index contributed by atoms with van der Waals surface area (Å²) in [6.07, 6.45) is 0.924. The summed E-state index contributed by atoms with van der Waals surface area (Å²) in [5, 5.41) is 0.688. The van der Waals surface area contributed by atoms with Crippen molar-refractivity contribution in [3.8, 4) is 0 Å². The molecule has 1 aliphatic heterocycles. The van der Waals surface area contributed by atoms with Crippen LogP contribution in [0.15, 0.2) is 59.4 Å². The number of fused-ring (bicyclic) bond motifs is 1. The van der Waals surface area contributed by atoms with E-state index < -0.39 is 0 Å². The Kier molecular flexibility index (Phi) is 6.80. The zero-order valence-corrected chi connectivity index (χ0v) is 18.9. The van der Waals surface area contributed by atoms with Gasteiger partial charge in [-0.05, 0) is 38.2 Å². The molecule has 1 aliphatic rings. The van der Waals surface area contributed by atoms with E-state index in [1.54, 1.807) is 0 Å². The van der Waals surface area contributed by atoms with Crippen molar-refractivity contribution >= 4 is 10.9 Å². The molecule has 0 bridgehead atoms. The van der Waals surface area contributed by atoms with Crippen molar-refractivity contribution in [3.05, 3.63) is 76.3 Å². The molecule has 1 unspecified atom stereocenters. The smallest absolute Gasteiger partial charge is 0.261 e. The number of nitrogens with zero attached hydrogens (tertiary/aromatic N) is 5. The minimum Gasteiger partial charge on any atom is -0.297 e. The number of para-hydroxylation sites is 1. The molecule has 1 saturated heterocycles. The van der Waals surface area contributed by atoms with Crippen LogP contribution in [0.3, 0.4) is 0 Å². The Balaban J connectivity index is 1.70. The lowest BCUT2D eigenvalue weighted by atomic mass is 10.1. The van der Waals surface area contributed by atoms with Gasteiger partial charge in [0.05, 0.1) is 30.2 Å². The lowest BCUT2D eigenvalue weighted by Gasteiger charge is -2.40. The molecule has 6 heteroatoms. The Bertz CT molecular complexity index is 1050. The van der Waals surface area contributed by atoms with Crippen LogP contribution in [0.1, 0.15) is 30.8 Å². The fourth-order valence-electron chi connectivity index (χ4n) is 4.58. The normalized spacial score (nSPS) is 16.8. The Morgan fingerprint density at radius 2 is 1.65 bits per heavy atom. The number of hydrogen-bond donors (Lipinski definition) is 0.